The molecule has 2 aromatic rings. The summed E-state index contributed by atoms with van der Waals surface area (Å²) in [6.45, 7) is 3.00. The van der Waals surface area contributed by atoms with Crippen LogP contribution in [-0.4, -0.2) is 22.1 Å². The number of hydrogen-bond acceptors (Lipinski definition) is 2. The molecule has 0 spiro atoms. The zero-order valence-electron chi connectivity index (χ0n) is 10.5. The number of para-hydroxylation sites is 1. The fraction of sp³-hybridized carbons (Fsp3) is 0.357. The molecule has 0 saturated heterocycles. The van der Waals surface area contributed by atoms with E-state index in [0.29, 0.717) is 13.1 Å². The van der Waals surface area contributed by atoms with Crippen molar-refractivity contribution in [1.82, 2.24) is 9.88 Å². The van der Waals surface area contributed by atoms with Gasteiger partial charge in [-0.1, -0.05) is 25.1 Å². The molecule has 2 N–H and O–H groups in total. The van der Waals surface area contributed by atoms with Crippen molar-refractivity contribution in [1.29, 1.82) is 0 Å². The first-order valence-electron chi connectivity index (χ1n) is 6.20. The minimum Gasteiger partial charge on any atom is -0.392 e. The van der Waals surface area contributed by atoms with Gasteiger partial charge in [0.15, 0.2) is 0 Å². The predicted molar refractivity (Wildman–Crippen MR) is 71.2 cm³/mol. The molecule has 0 saturated carbocycles. The number of aliphatic hydroxyl groups excluding tert-OH is 1. The number of nitrogens with zero attached hydrogens (tertiary/aromatic N) is 1. The Bertz CT molecular complexity index is 546. The minimum absolute atomic E-state index is 0.00194. The first kappa shape index (κ1) is 12.6. The summed E-state index contributed by atoms with van der Waals surface area (Å²) in [5.74, 6) is 0.00194. The van der Waals surface area contributed by atoms with E-state index in [0.717, 1.165) is 22.9 Å². The van der Waals surface area contributed by atoms with Crippen molar-refractivity contribution < 1.29 is 9.90 Å². The monoisotopic (exact) mass is 246 g/mol. The van der Waals surface area contributed by atoms with Crippen molar-refractivity contribution in [2.75, 3.05) is 6.54 Å². The van der Waals surface area contributed by atoms with E-state index in [-0.39, 0.29) is 12.5 Å². The van der Waals surface area contributed by atoms with Gasteiger partial charge in [-0.05, 0) is 17.9 Å². The van der Waals surface area contributed by atoms with Crippen LogP contribution in [0.2, 0.25) is 0 Å². The first-order valence-corrected chi connectivity index (χ1v) is 6.20. The highest BCUT2D eigenvalue weighted by atomic mass is 16.3. The van der Waals surface area contributed by atoms with Gasteiger partial charge in [0.05, 0.1) is 12.1 Å². The van der Waals surface area contributed by atoms with Gasteiger partial charge in [0.25, 0.3) is 0 Å². The maximum atomic E-state index is 11.7. The van der Waals surface area contributed by atoms with E-state index in [2.05, 4.69) is 5.32 Å². The quantitative estimate of drug-likeness (QED) is 0.843. The highest BCUT2D eigenvalue weighted by molar-refractivity contribution is 5.85. The number of carbonyl (C=O) groups is 1. The summed E-state index contributed by atoms with van der Waals surface area (Å²) >= 11 is 0. The summed E-state index contributed by atoms with van der Waals surface area (Å²) in [6.07, 6.45) is 2.81. The van der Waals surface area contributed by atoms with Crippen LogP contribution in [0.3, 0.4) is 0 Å². The van der Waals surface area contributed by atoms with Crippen LogP contribution in [-0.2, 0) is 17.9 Å². The Morgan fingerprint density at radius 2 is 2.22 bits per heavy atom. The van der Waals surface area contributed by atoms with Gasteiger partial charge >= 0.3 is 0 Å². The maximum absolute atomic E-state index is 11.7. The van der Waals surface area contributed by atoms with E-state index in [1.807, 2.05) is 42.0 Å². The SMILES string of the molecule is CCCNC(=O)Cn1ccc2cccc(CO)c21. The standard InChI is InChI=1S/C14H18N2O2/c1-2-7-15-13(18)9-16-8-6-11-4-3-5-12(10-17)14(11)16/h3-6,8,17H,2,7,9-10H2,1H3,(H,15,18). The summed E-state index contributed by atoms with van der Waals surface area (Å²) in [7, 11) is 0. The number of aromatic nitrogens is 1. The number of fused-ring (bicyclic) bond motifs is 1. The largest absolute Gasteiger partial charge is 0.392 e. The summed E-state index contributed by atoms with van der Waals surface area (Å²) in [4.78, 5) is 11.7. The Hall–Kier alpha value is -1.81. The average molecular weight is 246 g/mol. The van der Waals surface area contributed by atoms with Gasteiger partial charge in [-0.2, -0.15) is 0 Å². The highest BCUT2D eigenvalue weighted by Crippen LogP contribution is 2.20. The van der Waals surface area contributed by atoms with Gasteiger partial charge in [-0.25, -0.2) is 0 Å². The number of nitrogens with one attached hydrogen (secondary N) is 1. The van der Waals surface area contributed by atoms with Crippen LogP contribution in [0.1, 0.15) is 18.9 Å². The fourth-order valence-corrected chi connectivity index (χ4v) is 2.08. The van der Waals surface area contributed by atoms with E-state index in [1.165, 1.54) is 0 Å². The van der Waals surface area contributed by atoms with Crippen molar-refractivity contribution in [3.63, 3.8) is 0 Å². The van der Waals surface area contributed by atoms with Crippen molar-refractivity contribution >= 4 is 16.8 Å². The lowest BCUT2D eigenvalue weighted by Gasteiger charge is -2.08. The first-order chi connectivity index (χ1) is 8.76. The third-order valence-corrected chi connectivity index (χ3v) is 2.93. The molecule has 1 aromatic heterocycles. The second-order valence-electron chi connectivity index (χ2n) is 4.31. The second-order valence-corrected chi connectivity index (χ2v) is 4.31. The average Bonchev–Trinajstić information content (AvgIpc) is 2.79. The van der Waals surface area contributed by atoms with Gasteiger partial charge in [0.1, 0.15) is 6.54 Å². The molecule has 1 heterocycles. The van der Waals surface area contributed by atoms with E-state index < -0.39 is 0 Å². The Kier molecular flexibility index (Phi) is 3.99. The smallest absolute Gasteiger partial charge is 0.239 e. The van der Waals surface area contributed by atoms with Crippen LogP contribution in [0.4, 0.5) is 0 Å². The third kappa shape index (κ3) is 2.54. The predicted octanol–water partition coefficient (Wildman–Crippen LogP) is 1.66. The Balaban J connectivity index is 2.25. The minimum atomic E-state index is -0.0159. The van der Waals surface area contributed by atoms with E-state index >= 15 is 0 Å². The maximum Gasteiger partial charge on any atom is 0.239 e. The van der Waals surface area contributed by atoms with Crippen LogP contribution in [0.25, 0.3) is 10.9 Å². The number of benzene rings is 1. The molecule has 18 heavy (non-hydrogen) atoms. The molecule has 0 aliphatic rings. The van der Waals surface area contributed by atoms with Crippen LogP contribution in [0, 0.1) is 0 Å². The summed E-state index contributed by atoms with van der Waals surface area (Å²) in [5.41, 5.74) is 1.78. The van der Waals surface area contributed by atoms with Crippen molar-refractivity contribution in [3.8, 4) is 0 Å². The topological polar surface area (TPSA) is 54.3 Å². The molecule has 4 nitrogen and oxygen atoms in total. The molecule has 4 heteroatoms. The van der Waals surface area contributed by atoms with Crippen molar-refractivity contribution in [2.45, 2.75) is 26.5 Å². The molecule has 1 amide bonds. The van der Waals surface area contributed by atoms with Crippen LogP contribution in [0.15, 0.2) is 30.5 Å². The molecule has 0 unspecified atom stereocenters. The normalized spacial score (nSPS) is 10.8. The molecule has 0 radical (unpaired) electrons. The number of hydrogen-bond donors (Lipinski definition) is 2. The van der Waals surface area contributed by atoms with E-state index in [4.69, 9.17) is 0 Å². The summed E-state index contributed by atoms with van der Waals surface area (Å²) in [6, 6.07) is 7.73. The molecule has 0 bridgehead atoms. The van der Waals surface area contributed by atoms with Gasteiger partial charge in [-0.15, -0.1) is 0 Å². The molecule has 0 aliphatic heterocycles. The molecule has 96 valence electrons. The number of rotatable bonds is 5. The van der Waals surface area contributed by atoms with Crippen LogP contribution in [0.5, 0.6) is 0 Å². The molecule has 0 fully saturated rings. The molecule has 1 aromatic carbocycles. The molecular formula is C14H18N2O2. The Labute approximate surface area is 106 Å². The fourth-order valence-electron chi connectivity index (χ4n) is 2.08. The second kappa shape index (κ2) is 5.69. The lowest BCUT2D eigenvalue weighted by atomic mass is 10.1. The Morgan fingerprint density at radius 1 is 1.39 bits per heavy atom. The summed E-state index contributed by atoms with van der Waals surface area (Å²) < 4.78 is 1.88. The van der Waals surface area contributed by atoms with Crippen LogP contribution < -0.4 is 5.32 Å². The lowest BCUT2D eigenvalue weighted by molar-refractivity contribution is -0.121. The number of carbonyl (C=O) groups excluding carboxylic acids is 1. The van der Waals surface area contributed by atoms with Gasteiger partial charge < -0.3 is 15.0 Å². The third-order valence-electron chi connectivity index (χ3n) is 2.93. The van der Waals surface area contributed by atoms with Crippen molar-refractivity contribution in [2.24, 2.45) is 0 Å². The number of aliphatic hydroxyl groups is 1. The zero-order valence-corrected chi connectivity index (χ0v) is 10.5. The van der Waals surface area contributed by atoms with Crippen molar-refractivity contribution in [3.05, 3.63) is 36.0 Å². The number of amides is 1. The Morgan fingerprint density at radius 3 is 2.94 bits per heavy atom. The summed E-state index contributed by atoms with van der Waals surface area (Å²) in [5, 5.41) is 13.2. The highest BCUT2D eigenvalue weighted by Gasteiger charge is 2.08. The van der Waals surface area contributed by atoms with Gasteiger partial charge in [0, 0.05) is 18.3 Å². The van der Waals surface area contributed by atoms with E-state index in [1.54, 1.807) is 0 Å². The molecule has 0 atom stereocenters. The molecular weight excluding hydrogens is 228 g/mol. The molecule has 0 aliphatic carbocycles. The zero-order chi connectivity index (χ0) is 13.0. The van der Waals surface area contributed by atoms with Crippen LogP contribution >= 0.6 is 0 Å². The van der Waals surface area contributed by atoms with E-state index in [9.17, 15) is 9.90 Å². The van der Waals surface area contributed by atoms with Gasteiger partial charge in [0.2, 0.25) is 5.91 Å². The van der Waals surface area contributed by atoms with Gasteiger partial charge in [-0.3, -0.25) is 4.79 Å². The molecule has 2 rings (SSSR count). The lowest BCUT2D eigenvalue weighted by Crippen LogP contribution is -2.27.